The van der Waals surface area contributed by atoms with E-state index < -0.39 is 0 Å². The number of carbonyl (C=O) groups is 1. The van der Waals surface area contributed by atoms with E-state index in [-0.39, 0.29) is 11.2 Å². The summed E-state index contributed by atoms with van der Waals surface area (Å²) in [5.41, 5.74) is 11.2. The zero-order valence-corrected chi connectivity index (χ0v) is 13.2. The highest BCUT2D eigenvalue weighted by atomic mass is 32.2. The van der Waals surface area contributed by atoms with Crippen molar-refractivity contribution in [2.45, 2.75) is 49.4 Å². The molecule has 6 nitrogen and oxygen atoms in total. The zero-order valence-electron chi connectivity index (χ0n) is 12.3. The minimum absolute atomic E-state index is 0.00942. The number of nitrogen functional groups attached to an aromatic ring is 2. The molecule has 1 amide bonds. The van der Waals surface area contributed by atoms with Crippen molar-refractivity contribution in [1.82, 2.24) is 15.3 Å². The van der Waals surface area contributed by atoms with Crippen LogP contribution >= 0.6 is 11.8 Å². The molecule has 1 aliphatic carbocycles. The molecule has 2 rings (SSSR count). The predicted molar refractivity (Wildman–Crippen MR) is 85.8 cm³/mol. The molecule has 0 radical (unpaired) electrons. The van der Waals surface area contributed by atoms with Crippen LogP contribution in [0.15, 0.2) is 11.2 Å². The molecule has 21 heavy (non-hydrogen) atoms. The molecule has 1 saturated carbocycles. The molecule has 1 aromatic heterocycles. The summed E-state index contributed by atoms with van der Waals surface area (Å²) >= 11 is 1.27. The van der Waals surface area contributed by atoms with Gasteiger partial charge in [0.15, 0.2) is 5.16 Å². The smallest absolute Gasteiger partial charge is 0.233 e. The average Bonchev–Trinajstić information content (AvgIpc) is 2.44. The first-order valence-corrected chi connectivity index (χ1v) is 8.27. The van der Waals surface area contributed by atoms with E-state index in [1.165, 1.54) is 49.9 Å². The van der Waals surface area contributed by atoms with Crippen LogP contribution in [0.1, 0.15) is 39.0 Å². The number of thioether (sulfide) groups is 1. The van der Waals surface area contributed by atoms with Gasteiger partial charge in [0.25, 0.3) is 0 Å². The first kappa shape index (κ1) is 15.9. The summed E-state index contributed by atoms with van der Waals surface area (Å²) in [4.78, 5) is 20.3. The van der Waals surface area contributed by atoms with E-state index in [0.29, 0.717) is 22.7 Å². The van der Waals surface area contributed by atoms with Crippen LogP contribution in [0.3, 0.4) is 0 Å². The van der Waals surface area contributed by atoms with Crippen LogP contribution in [0.25, 0.3) is 0 Å². The molecule has 1 atom stereocenters. The Morgan fingerprint density at radius 3 is 2.57 bits per heavy atom. The number of nitrogens with two attached hydrogens (primary N) is 2. The molecule has 1 heterocycles. The van der Waals surface area contributed by atoms with Crippen molar-refractivity contribution in [3.8, 4) is 0 Å². The van der Waals surface area contributed by atoms with Crippen LogP contribution in [-0.4, -0.2) is 27.7 Å². The van der Waals surface area contributed by atoms with Gasteiger partial charge in [-0.25, -0.2) is 9.97 Å². The van der Waals surface area contributed by atoms with E-state index in [1.54, 1.807) is 0 Å². The number of anilines is 2. The van der Waals surface area contributed by atoms with Crippen molar-refractivity contribution in [2.75, 3.05) is 18.0 Å². The van der Waals surface area contributed by atoms with Gasteiger partial charge in [0.05, 0.1) is 5.25 Å². The monoisotopic (exact) mass is 309 g/mol. The van der Waals surface area contributed by atoms with E-state index in [0.717, 1.165) is 6.54 Å². The maximum atomic E-state index is 12.1. The third-order valence-electron chi connectivity index (χ3n) is 3.69. The average molecular weight is 309 g/mol. The largest absolute Gasteiger partial charge is 0.383 e. The second-order valence-electron chi connectivity index (χ2n) is 5.51. The number of aromatic nitrogens is 2. The summed E-state index contributed by atoms with van der Waals surface area (Å²) in [5.74, 6) is 1.27. The number of hydrogen-bond donors (Lipinski definition) is 3. The lowest BCUT2D eigenvalue weighted by Crippen LogP contribution is -2.35. The third kappa shape index (κ3) is 5.08. The normalized spacial score (nSPS) is 17.4. The van der Waals surface area contributed by atoms with Crippen molar-refractivity contribution in [1.29, 1.82) is 0 Å². The Kier molecular flexibility index (Phi) is 5.67. The molecule has 5 N–H and O–H groups in total. The lowest BCUT2D eigenvalue weighted by molar-refractivity contribution is -0.120. The van der Waals surface area contributed by atoms with Crippen molar-refractivity contribution in [2.24, 2.45) is 5.92 Å². The first-order valence-electron chi connectivity index (χ1n) is 7.39. The Morgan fingerprint density at radius 2 is 1.95 bits per heavy atom. The Hall–Kier alpha value is -1.50. The third-order valence-corrected chi connectivity index (χ3v) is 4.65. The number of carbonyl (C=O) groups excluding carboxylic acids is 1. The fourth-order valence-electron chi connectivity index (χ4n) is 2.51. The minimum atomic E-state index is -0.269. The second-order valence-corrected chi connectivity index (χ2v) is 6.82. The Morgan fingerprint density at radius 1 is 1.33 bits per heavy atom. The van der Waals surface area contributed by atoms with Gasteiger partial charge in [-0.3, -0.25) is 4.79 Å². The Labute approximate surface area is 129 Å². The summed E-state index contributed by atoms with van der Waals surface area (Å²) < 4.78 is 0. The molecular formula is C14H23N5OS. The van der Waals surface area contributed by atoms with Crippen LogP contribution < -0.4 is 16.8 Å². The maximum Gasteiger partial charge on any atom is 0.233 e. The van der Waals surface area contributed by atoms with Gasteiger partial charge in [-0.1, -0.05) is 31.0 Å². The number of rotatable bonds is 5. The van der Waals surface area contributed by atoms with Gasteiger partial charge in [0, 0.05) is 12.6 Å². The standard InChI is InChI=1S/C14H23N5OS/c1-9(21-14-18-11(15)7-12(16)19-14)13(20)17-8-10-5-3-2-4-6-10/h7,9-10H,2-6,8H2,1H3,(H,17,20)(H4,15,16,18,19)/t9-/m1/s1. The predicted octanol–water partition coefficient (Wildman–Crippen LogP) is 1.82. The molecule has 7 heteroatoms. The van der Waals surface area contributed by atoms with E-state index in [9.17, 15) is 4.79 Å². The molecule has 1 fully saturated rings. The SMILES string of the molecule is C[C@@H](Sc1nc(N)cc(N)n1)C(=O)NCC1CCCCC1. The fraction of sp³-hybridized carbons (Fsp3) is 0.643. The maximum absolute atomic E-state index is 12.1. The summed E-state index contributed by atoms with van der Waals surface area (Å²) in [6, 6.07) is 1.50. The van der Waals surface area contributed by atoms with Crippen molar-refractivity contribution in [3.05, 3.63) is 6.07 Å². The summed E-state index contributed by atoms with van der Waals surface area (Å²) in [6.45, 7) is 2.60. The molecule has 0 aliphatic heterocycles. The molecule has 0 aromatic carbocycles. The molecule has 0 unspecified atom stereocenters. The molecule has 116 valence electrons. The number of hydrogen-bond acceptors (Lipinski definition) is 6. The molecular weight excluding hydrogens is 286 g/mol. The Bertz CT molecular complexity index is 470. The first-order chi connectivity index (χ1) is 10.0. The van der Waals surface area contributed by atoms with Crippen LogP contribution in [-0.2, 0) is 4.79 Å². The van der Waals surface area contributed by atoms with Gasteiger partial charge in [0.2, 0.25) is 5.91 Å². The van der Waals surface area contributed by atoms with Crippen LogP contribution in [0, 0.1) is 5.92 Å². The van der Waals surface area contributed by atoms with Gasteiger partial charge in [0.1, 0.15) is 11.6 Å². The van der Waals surface area contributed by atoms with Crippen LogP contribution in [0.2, 0.25) is 0 Å². The fourth-order valence-corrected chi connectivity index (χ4v) is 3.33. The highest BCUT2D eigenvalue weighted by Gasteiger charge is 2.19. The van der Waals surface area contributed by atoms with Gasteiger partial charge in [-0.2, -0.15) is 0 Å². The lowest BCUT2D eigenvalue weighted by atomic mass is 9.89. The van der Waals surface area contributed by atoms with Gasteiger partial charge >= 0.3 is 0 Å². The minimum Gasteiger partial charge on any atom is -0.383 e. The van der Waals surface area contributed by atoms with E-state index in [2.05, 4.69) is 15.3 Å². The summed E-state index contributed by atoms with van der Waals surface area (Å²) in [7, 11) is 0. The van der Waals surface area contributed by atoms with Gasteiger partial charge in [-0.15, -0.1) is 0 Å². The van der Waals surface area contributed by atoms with Crippen molar-refractivity contribution < 1.29 is 4.79 Å². The number of amides is 1. The van der Waals surface area contributed by atoms with Crippen molar-refractivity contribution >= 4 is 29.3 Å². The number of nitrogens with zero attached hydrogens (tertiary/aromatic N) is 2. The highest BCUT2D eigenvalue weighted by molar-refractivity contribution is 8.00. The molecule has 0 saturated heterocycles. The quantitative estimate of drug-likeness (QED) is 0.566. The van der Waals surface area contributed by atoms with E-state index in [4.69, 9.17) is 11.5 Å². The highest BCUT2D eigenvalue weighted by Crippen LogP contribution is 2.24. The van der Waals surface area contributed by atoms with E-state index >= 15 is 0 Å². The van der Waals surface area contributed by atoms with E-state index in [1.807, 2.05) is 6.92 Å². The molecule has 0 spiro atoms. The van der Waals surface area contributed by atoms with Crippen molar-refractivity contribution in [3.63, 3.8) is 0 Å². The van der Waals surface area contributed by atoms with Crippen LogP contribution in [0.4, 0.5) is 11.6 Å². The number of nitrogens with one attached hydrogen (secondary N) is 1. The molecule has 0 bridgehead atoms. The summed E-state index contributed by atoms with van der Waals surface area (Å²) in [6.07, 6.45) is 6.32. The molecule has 1 aliphatic rings. The summed E-state index contributed by atoms with van der Waals surface area (Å²) in [5, 5.41) is 3.19. The van der Waals surface area contributed by atoms with Gasteiger partial charge < -0.3 is 16.8 Å². The second kappa shape index (κ2) is 7.49. The Balaban J connectivity index is 1.81. The molecule has 1 aromatic rings. The van der Waals surface area contributed by atoms with Gasteiger partial charge in [-0.05, 0) is 25.7 Å². The topological polar surface area (TPSA) is 107 Å². The van der Waals surface area contributed by atoms with Crippen LogP contribution in [0.5, 0.6) is 0 Å². The lowest BCUT2D eigenvalue weighted by Gasteiger charge is -2.22. The zero-order chi connectivity index (χ0) is 15.2.